The van der Waals surface area contributed by atoms with Crippen molar-refractivity contribution in [2.45, 2.75) is 0 Å². The highest BCUT2D eigenvalue weighted by atomic mass is 19.2. The van der Waals surface area contributed by atoms with E-state index in [9.17, 15) is 23.2 Å². The minimum absolute atomic E-state index is 0.0884. The van der Waals surface area contributed by atoms with Gasteiger partial charge in [-0.3, -0.25) is 0 Å². The fourth-order valence-electron chi connectivity index (χ4n) is 2.03. The second-order valence-electron chi connectivity index (χ2n) is 4.26. The Bertz CT molecular complexity index is 838. The van der Waals surface area contributed by atoms with E-state index in [0.29, 0.717) is 0 Å². The molecule has 0 unspecified atom stereocenters. The summed E-state index contributed by atoms with van der Waals surface area (Å²) in [6, 6.07) is 3.15. The Labute approximate surface area is 116 Å². The minimum atomic E-state index is -1.76. The molecule has 2 heterocycles. The first-order valence-electron chi connectivity index (χ1n) is 5.83. The normalized spacial score (nSPS) is 11.1. The molecule has 9 heteroatoms. The van der Waals surface area contributed by atoms with Crippen LogP contribution in [0.15, 0.2) is 30.6 Å². The van der Waals surface area contributed by atoms with Crippen molar-refractivity contribution < 1.29 is 23.2 Å². The number of rotatable bonds is 2. The van der Waals surface area contributed by atoms with Gasteiger partial charge in [-0.15, -0.1) is 0 Å². The van der Waals surface area contributed by atoms with Crippen molar-refractivity contribution in [1.29, 1.82) is 0 Å². The van der Waals surface area contributed by atoms with Gasteiger partial charge in [-0.1, -0.05) is 0 Å². The molecule has 21 heavy (non-hydrogen) atoms. The Hall–Kier alpha value is -2.39. The minimum Gasteiger partial charge on any atom is -0.423 e. The van der Waals surface area contributed by atoms with E-state index >= 15 is 0 Å². The van der Waals surface area contributed by atoms with Gasteiger partial charge < -0.3 is 10.0 Å². The van der Waals surface area contributed by atoms with Gasteiger partial charge in [-0.05, 0) is 23.7 Å². The summed E-state index contributed by atoms with van der Waals surface area (Å²) >= 11 is 0. The topological polar surface area (TPSA) is 71.2 Å². The zero-order valence-electron chi connectivity index (χ0n) is 10.3. The zero-order valence-corrected chi connectivity index (χ0v) is 10.3. The van der Waals surface area contributed by atoms with Crippen LogP contribution in [0.3, 0.4) is 0 Å². The molecule has 0 amide bonds. The second kappa shape index (κ2) is 4.87. The molecular weight excluding hydrogens is 286 g/mol. The van der Waals surface area contributed by atoms with Gasteiger partial charge in [0, 0.05) is 11.6 Å². The summed E-state index contributed by atoms with van der Waals surface area (Å²) in [6.45, 7) is 0. The molecule has 0 aliphatic carbocycles. The highest BCUT2D eigenvalue weighted by Gasteiger charge is 2.21. The molecule has 1 aromatic carbocycles. The maximum absolute atomic E-state index is 13.8. The predicted molar refractivity (Wildman–Crippen MR) is 68.6 cm³/mol. The maximum atomic E-state index is 13.8. The zero-order chi connectivity index (χ0) is 15.1. The van der Waals surface area contributed by atoms with Crippen molar-refractivity contribution in [1.82, 2.24) is 14.8 Å². The van der Waals surface area contributed by atoms with Gasteiger partial charge in [0.25, 0.3) is 0 Å². The number of pyridine rings is 1. The van der Waals surface area contributed by atoms with Crippen LogP contribution in [0.25, 0.3) is 16.7 Å². The van der Waals surface area contributed by atoms with E-state index in [2.05, 4.69) is 10.1 Å². The maximum Gasteiger partial charge on any atom is 0.489 e. The molecule has 3 aromatic rings. The van der Waals surface area contributed by atoms with Gasteiger partial charge in [-0.25, -0.2) is 22.8 Å². The third-order valence-corrected chi connectivity index (χ3v) is 3.03. The van der Waals surface area contributed by atoms with Crippen molar-refractivity contribution in [3.63, 3.8) is 0 Å². The van der Waals surface area contributed by atoms with E-state index in [4.69, 9.17) is 0 Å². The van der Waals surface area contributed by atoms with Crippen LogP contribution in [-0.4, -0.2) is 31.9 Å². The van der Waals surface area contributed by atoms with Crippen LogP contribution in [0.1, 0.15) is 0 Å². The molecule has 106 valence electrons. The lowest BCUT2D eigenvalue weighted by atomic mass is 9.79. The van der Waals surface area contributed by atoms with Crippen LogP contribution in [0.4, 0.5) is 13.2 Å². The van der Waals surface area contributed by atoms with Crippen LogP contribution >= 0.6 is 0 Å². The monoisotopic (exact) mass is 293 g/mol. The third kappa shape index (κ3) is 2.06. The van der Waals surface area contributed by atoms with Crippen LogP contribution in [-0.2, 0) is 0 Å². The lowest BCUT2D eigenvalue weighted by Crippen LogP contribution is -2.30. The highest BCUT2D eigenvalue weighted by Crippen LogP contribution is 2.21. The first-order chi connectivity index (χ1) is 10.0. The number of fused-ring (bicyclic) bond motifs is 1. The average molecular weight is 293 g/mol. The standard InChI is InChI=1S/C12H7BF3N3O2/c14-8-1-2-9(11(16)10(8)15)19-12-6(5-18-19)7(13(20)21)3-4-17-12/h1-5,20-21H. The smallest absolute Gasteiger partial charge is 0.423 e. The summed E-state index contributed by atoms with van der Waals surface area (Å²) in [4.78, 5) is 3.95. The number of hydrogen-bond donors (Lipinski definition) is 2. The molecule has 0 fully saturated rings. The van der Waals surface area contributed by atoms with Crippen molar-refractivity contribution in [3.8, 4) is 5.69 Å². The van der Waals surface area contributed by atoms with Gasteiger partial charge in [0.2, 0.25) is 0 Å². The highest BCUT2D eigenvalue weighted by molar-refractivity contribution is 6.61. The Morgan fingerprint density at radius 3 is 2.52 bits per heavy atom. The van der Waals surface area contributed by atoms with E-state index < -0.39 is 24.6 Å². The molecule has 0 aliphatic rings. The largest absolute Gasteiger partial charge is 0.489 e. The summed E-state index contributed by atoms with van der Waals surface area (Å²) in [6.07, 6.45) is 2.50. The Morgan fingerprint density at radius 1 is 1.05 bits per heavy atom. The molecule has 2 aromatic heterocycles. The van der Waals surface area contributed by atoms with E-state index in [0.717, 1.165) is 16.8 Å². The van der Waals surface area contributed by atoms with Gasteiger partial charge in [0.05, 0.1) is 6.20 Å². The lowest BCUT2D eigenvalue weighted by Gasteiger charge is -2.06. The summed E-state index contributed by atoms with van der Waals surface area (Å²) < 4.78 is 41.0. The van der Waals surface area contributed by atoms with Gasteiger partial charge in [0.15, 0.2) is 23.1 Å². The molecule has 0 spiro atoms. The predicted octanol–water partition coefficient (Wildman–Crippen LogP) is 0.518. The average Bonchev–Trinajstić information content (AvgIpc) is 2.88. The van der Waals surface area contributed by atoms with E-state index in [1.807, 2.05) is 0 Å². The van der Waals surface area contributed by atoms with Crippen molar-refractivity contribution in [3.05, 3.63) is 48.0 Å². The van der Waals surface area contributed by atoms with Crippen LogP contribution in [0.2, 0.25) is 0 Å². The fourth-order valence-corrected chi connectivity index (χ4v) is 2.03. The first kappa shape index (κ1) is 13.6. The van der Waals surface area contributed by atoms with Crippen molar-refractivity contribution in [2.24, 2.45) is 0 Å². The first-order valence-corrected chi connectivity index (χ1v) is 5.83. The Morgan fingerprint density at radius 2 is 1.81 bits per heavy atom. The molecule has 0 saturated carbocycles. The summed E-state index contributed by atoms with van der Waals surface area (Å²) in [5.74, 6) is -4.33. The van der Waals surface area contributed by atoms with Gasteiger partial charge >= 0.3 is 7.12 Å². The molecule has 0 aliphatic heterocycles. The lowest BCUT2D eigenvalue weighted by molar-refractivity contribution is 0.426. The number of hydrogen-bond acceptors (Lipinski definition) is 4. The number of benzene rings is 1. The van der Waals surface area contributed by atoms with Crippen molar-refractivity contribution in [2.75, 3.05) is 0 Å². The van der Waals surface area contributed by atoms with Crippen LogP contribution in [0, 0.1) is 17.5 Å². The molecule has 5 nitrogen and oxygen atoms in total. The molecule has 0 atom stereocenters. The third-order valence-electron chi connectivity index (χ3n) is 3.03. The van der Waals surface area contributed by atoms with Gasteiger partial charge in [-0.2, -0.15) is 5.10 Å². The van der Waals surface area contributed by atoms with Crippen LogP contribution in [0.5, 0.6) is 0 Å². The summed E-state index contributed by atoms with van der Waals surface area (Å²) in [5.41, 5.74) is -0.124. The fraction of sp³-hybridized carbons (Fsp3) is 0. The molecule has 3 rings (SSSR count). The molecule has 0 radical (unpaired) electrons. The SMILES string of the molecule is OB(O)c1ccnc2c1cnn2-c1ccc(F)c(F)c1F. The Kier molecular flexibility index (Phi) is 3.15. The quantitative estimate of drug-likeness (QED) is 0.534. The summed E-state index contributed by atoms with van der Waals surface area (Å²) in [5, 5.41) is 22.6. The molecular formula is C12H7BF3N3O2. The Balaban J connectivity index is 2.28. The summed E-state index contributed by atoms with van der Waals surface area (Å²) in [7, 11) is -1.76. The van der Waals surface area contributed by atoms with E-state index in [1.54, 1.807) is 0 Å². The van der Waals surface area contributed by atoms with Crippen LogP contribution < -0.4 is 5.46 Å². The second-order valence-corrected chi connectivity index (χ2v) is 4.26. The molecule has 0 saturated heterocycles. The molecule has 0 bridgehead atoms. The molecule has 2 N–H and O–H groups in total. The van der Waals surface area contributed by atoms with E-state index in [1.165, 1.54) is 18.5 Å². The number of aromatic nitrogens is 3. The number of nitrogens with zero attached hydrogens (tertiary/aromatic N) is 3. The van der Waals surface area contributed by atoms with Crippen molar-refractivity contribution >= 4 is 23.6 Å². The van der Waals surface area contributed by atoms with E-state index in [-0.39, 0.29) is 22.2 Å². The van der Waals surface area contributed by atoms with Gasteiger partial charge in [0.1, 0.15) is 5.69 Å². The number of halogens is 3.